The van der Waals surface area contributed by atoms with Crippen molar-refractivity contribution >= 4 is 0 Å². The number of benzene rings is 1. The number of fused-ring (bicyclic) bond motifs is 1. The summed E-state index contributed by atoms with van der Waals surface area (Å²) in [7, 11) is 0. The fraction of sp³-hybridized carbons (Fsp3) is 0.571. The quantitative estimate of drug-likeness (QED) is 0.840. The van der Waals surface area contributed by atoms with Crippen molar-refractivity contribution in [2.45, 2.75) is 38.8 Å². The number of ether oxygens (including phenoxy) is 1. The first kappa shape index (κ1) is 11.6. The standard InChI is InChI=1S/C14H21NO/c1-11(2)15-9-7-14-13-6-4-3-5-12(13)8-10-16-14/h3-6,11,14-15H,7-10H2,1-2H3. The summed E-state index contributed by atoms with van der Waals surface area (Å²) in [5.74, 6) is 0. The molecule has 0 saturated heterocycles. The van der Waals surface area contributed by atoms with Gasteiger partial charge in [-0.2, -0.15) is 0 Å². The monoisotopic (exact) mass is 219 g/mol. The number of hydrogen-bond donors (Lipinski definition) is 1. The summed E-state index contributed by atoms with van der Waals surface area (Å²) in [5, 5.41) is 3.44. The van der Waals surface area contributed by atoms with Crippen LogP contribution < -0.4 is 5.32 Å². The van der Waals surface area contributed by atoms with Crippen molar-refractivity contribution in [3.8, 4) is 0 Å². The molecule has 2 heteroatoms. The summed E-state index contributed by atoms with van der Waals surface area (Å²) in [5.41, 5.74) is 2.85. The van der Waals surface area contributed by atoms with E-state index in [2.05, 4.69) is 43.4 Å². The Balaban J connectivity index is 1.96. The van der Waals surface area contributed by atoms with E-state index >= 15 is 0 Å². The van der Waals surface area contributed by atoms with Crippen LogP contribution in [-0.2, 0) is 11.2 Å². The van der Waals surface area contributed by atoms with Crippen LogP contribution in [0, 0.1) is 0 Å². The highest BCUT2D eigenvalue weighted by Crippen LogP contribution is 2.28. The maximum Gasteiger partial charge on any atom is 0.0839 e. The molecule has 1 aliphatic rings. The third-order valence-corrected chi connectivity index (χ3v) is 3.05. The van der Waals surface area contributed by atoms with Crippen LogP contribution in [0.4, 0.5) is 0 Å². The van der Waals surface area contributed by atoms with E-state index in [-0.39, 0.29) is 6.10 Å². The Hall–Kier alpha value is -0.860. The predicted octanol–water partition coefficient (Wildman–Crippen LogP) is 2.69. The second-order valence-corrected chi connectivity index (χ2v) is 4.71. The van der Waals surface area contributed by atoms with Crippen molar-refractivity contribution < 1.29 is 4.74 Å². The predicted molar refractivity (Wildman–Crippen MR) is 66.6 cm³/mol. The van der Waals surface area contributed by atoms with Gasteiger partial charge in [-0.15, -0.1) is 0 Å². The molecule has 1 aromatic carbocycles. The van der Waals surface area contributed by atoms with Crippen LogP contribution >= 0.6 is 0 Å². The molecular weight excluding hydrogens is 198 g/mol. The molecule has 2 nitrogen and oxygen atoms in total. The molecule has 0 bridgehead atoms. The fourth-order valence-electron chi connectivity index (χ4n) is 2.22. The summed E-state index contributed by atoms with van der Waals surface area (Å²) in [6.07, 6.45) is 2.41. The van der Waals surface area contributed by atoms with Gasteiger partial charge in [0.15, 0.2) is 0 Å². The van der Waals surface area contributed by atoms with E-state index < -0.39 is 0 Å². The molecule has 2 rings (SSSR count). The zero-order valence-corrected chi connectivity index (χ0v) is 10.2. The lowest BCUT2D eigenvalue weighted by Gasteiger charge is -2.26. The van der Waals surface area contributed by atoms with Gasteiger partial charge in [-0.1, -0.05) is 38.1 Å². The maximum atomic E-state index is 5.85. The fourth-order valence-corrected chi connectivity index (χ4v) is 2.22. The van der Waals surface area contributed by atoms with Crippen molar-refractivity contribution in [2.24, 2.45) is 0 Å². The summed E-state index contributed by atoms with van der Waals surface area (Å²) >= 11 is 0. The third-order valence-electron chi connectivity index (χ3n) is 3.05. The highest BCUT2D eigenvalue weighted by atomic mass is 16.5. The molecule has 0 saturated carbocycles. The van der Waals surface area contributed by atoms with Crippen LogP contribution in [0.3, 0.4) is 0 Å². The molecule has 0 aliphatic carbocycles. The zero-order chi connectivity index (χ0) is 11.4. The summed E-state index contributed by atoms with van der Waals surface area (Å²) in [6, 6.07) is 9.21. The Kier molecular flexibility index (Phi) is 3.97. The minimum atomic E-state index is 0.288. The number of rotatable bonds is 4. The molecule has 0 aromatic heterocycles. The van der Waals surface area contributed by atoms with Crippen molar-refractivity contribution in [3.63, 3.8) is 0 Å². The van der Waals surface area contributed by atoms with Gasteiger partial charge < -0.3 is 10.1 Å². The van der Waals surface area contributed by atoms with Crippen LogP contribution in [0.5, 0.6) is 0 Å². The molecule has 1 N–H and O–H groups in total. The Morgan fingerprint density at radius 2 is 2.19 bits per heavy atom. The molecule has 1 heterocycles. The first-order valence-corrected chi connectivity index (χ1v) is 6.20. The largest absolute Gasteiger partial charge is 0.373 e. The second-order valence-electron chi connectivity index (χ2n) is 4.71. The van der Waals surface area contributed by atoms with E-state index in [0.717, 1.165) is 26.0 Å². The van der Waals surface area contributed by atoms with E-state index in [1.807, 2.05) is 0 Å². The molecule has 1 aliphatic heterocycles. The van der Waals surface area contributed by atoms with E-state index in [1.54, 1.807) is 0 Å². The van der Waals surface area contributed by atoms with E-state index in [1.165, 1.54) is 11.1 Å². The van der Waals surface area contributed by atoms with Crippen LogP contribution in [0.1, 0.15) is 37.5 Å². The van der Waals surface area contributed by atoms with E-state index in [4.69, 9.17) is 4.74 Å². The topological polar surface area (TPSA) is 21.3 Å². The van der Waals surface area contributed by atoms with Gasteiger partial charge in [0.1, 0.15) is 0 Å². The molecular formula is C14H21NO. The minimum Gasteiger partial charge on any atom is -0.373 e. The van der Waals surface area contributed by atoms with Crippen molar-refractivity contribution in [1.82, 2.24) is 5.32 Å². The van der Waals surface area contributed by atoms with Gasteiger partial charge in [0.25, 0.3) is 0 Å². The molecule has 0 spiro atoms. The minimum absolute atomic E-state index is 0.288. The van der Waals surface area contributed by atoms with E-state index in [9.17, 15) is 0 Å². The highest BCUT2D eigenvalue weighted by Gasteiger charge is 2.19. The van der Waals surface area contributed by atoms with E-state index in [0.29, 0.717) is 6.04 Å². The Labute approximate surface area is 98.0 Å². The normalized spacial score (nSPS) is 19.8. The molecule has 1 atom stereocenters. The molecule has 0 fully saturated rings. The van der Waals surface area contributed by atoms with Crippen molar-refractivity contribution in [3.05, 3.63) is 35.4 Å². The Morgan fingerprint density at radius 1 is 1.38 bits per heavy atom. The van der Waals surface area contributed by atoms with Gasteiger partial charge in [-0.3, -0.25) is 0 Å². The smallest absolute Gasteiger partial charge is 0.0839 e. The lowest BCUT2D eigenvalue weighted by molar-refractivity contribution is 0.0365. The first-order valence-electron chi connectivity index (χ1n) is 6.20. The molecule has 16 heavy (non-hydrogen) atoms. The van der Waals surface area contributed by atoms with Crippen molar-refractivity contribution in [2.75, 3.05) is 13.2 Å². The van der Waals surface area contributed by atoms with Gasteiger partial charge in [0.05, 0.1) is 12.7 Å². The zero-order valence-electron chi connectivity index (χ0n) is 10.2. The Bertz CT molecular complexity index is 335. The molecule has 1 unspecified atom stereocenters. The van der Waals surface area contributed by atoms with Crippen LogP contribution in [0.15, 0.2) is 24.3 Å². The first-order chi connectivity index (χ1) is 7.77. The molecule has 88 valence electrons. The highest BCUT2D eigenvalue weighted by molar-refractivity contribution is 5.30. The van der Waals surface area contributed by atoms with Gasteiger partial charge in [-0.25, -0.2) is 0 Å². The van der Waals surface area contributed by atoms with Crippen LogP contribution in [-0.4, -0.2) is 19.2 Å². The number of nitrogens with one attached hydrogen (secondary N) is 1. The van der Waals surface area contributed by atoms with Gasteiger partial charge >= 0.3 is 0 Å². The number of hydrogen-bond acceptors (Lipinski definition) is 2. The lowest BCUT2D eigenvalue weighted by Crippen LogP contribution is -2.27. The van der Waals surface area contributed by atoms with Crippen molar-refractivity contribution in [1.29, 1.82) is 0 Å². The summed E-state index contributed by atoms with van der Waals surface area (Å²) in [6.45, 7) is 6.24. The lowest BCUT2D eigenvalue weighted by atomic mass is 9.96. The van der Waals surface area contributed by atoms with Crippen LogP contribution in [0.2, 0.25) is 0 Å². The van der Waals surface area contributed by atoms with Gasteiger partial charge in [-0.05, 0) is 30.5 Å². The maximum absolute atomic E-state index is 5.85. The average molecular weight is 219 g/mol. The van der Waals surface area contributed by atoms with Crippen LogP contribution in [0.25, 0.3) is 0 Å². The molecule has 0 radical (unpaired) electrons. The summed E-state index contributed by atoms with van der Waals surface area (Å²) < 4.78 is 5.85. The van der Waals surface area contributed by atoms with Gasteiger partial charge in [0.2, 0.25) is 0 Å². The van der Waals surface area contributed by atoms with Gasteiger partial charge in [0, 0.05) is 6.04 Å². The molecule has 1 aromatic rings. The second kappa shape index (κ2) is 5.46. The molecule has 0 amide bonds. The summed E-state index contributed by atoms with van der Waals surface area (Å²) in [4.78, 5) is 0. The average Bonchev–Trinajstić information content (AvgIpc) is 2.29. The Morgan fingerprint density at radius 3 is 3.00 bits per heavy atom. The third kappa shape index (κ3) is 2.83. The SMILES string of the molecule is CC(C)NCCC1OCCc2ccccc21.